The largest absolute Gasteiger partial charge is 0.465 e. The zero-order valence-corrected chi connectivity index (χ0v) is 26.5. The molecule has 4 aromatic rings. The van der Waals surface area contributed by atoms with E-state index >= 15 is 4.39 Å². The van der Waals surface area contributed by atoms with Crippen LogP contribution in [0.25, 0.3) is 33.6 Å². The molecule has 3 atom stereocenters. The molecule has 3 amide bonds. The van der Waals surface area contributed by atoms with Gasteiger partial charge in [-0.1, -0.05) is 44.2 Å². The Morgan fingerprint density at radius 3 is 2.09 bits per heavy atom. The molecule has 6 rings (SSSR count). The van der Waals surface area contributed by atoms with Crippen molar-refractivity contribution in [2.24, 2.45) is 5.92 Å². The van der Waals surface area contributed by atoms with Crippen LogP contribution >= 0.6 is 0 Å². The third kappa shape index (κ3) is 6.42. The SMILES string of the molecule is COC(=O)N[C@H](C(=O)N1CCC[C@H]1c1ncc(-c2ccc(-c3ccc(-c4cnc([C@@H]5CCCN5C(=O)O)[nH]4)c(F)c3)cc2)[nH]1)C(C)C. The lowest BCUT2D eigenvalue weighted by atomic mass is 10.0. The Labute approximate surface area is 271 Å². The molecule has 0 bridgehead atoms. The van der Waals surface area contributed by atoms with Gasteiger partial charge in [-0.05, 0) is 60.4 Å². The molecule has 2 fully saturated rings. The molecule has 2 aliphatic heterocycles. The summed E-state index contributed by atoms with van der Waals surface area (Å²) in [6, 6.07) is 11.4. The van der Waals surface area contributed by atoms with Crippen molar-refractivity contribution in [3.63, 3.8) is 0 Å². The van der Waals surface area contributed by atoms with Gasteiger partial charge in [-0.15, -0.1) is 0 Å². The van der Waals surface area contributed by atoms with E-state index in [4.69, 9.17) is 4.74 Å². The number of aromatic nitrogens is 4. The summed E-state index contributed by atoms with van der Waals surface area (Å²) >= 11 is 0. The molecular formula is C34H38FN7O5. The number of alkyl carbamates (subject to hydrolysis) is 1. The van der Waals surface area contributed by atoms with Gasteiger partial charge in [-0.3, -0.25) is 9.69 Å². The first-order valence-corrected chi connectivity index (χ1v) is 15.8. The minimum Gasteiger partial charge on any atom is -0.465 e. The molecule has 13 heteroatoms. The Morgan fingerprint density at radius 1 is 0.894 bits per heavy atom. The second-order valence-corrected chi connectivity index (χ2v) is 12.3. The normalized spacial score (nSPS) is 18.5. The van der Waals surface area contributed by atoms with Crippen molar-refractivity contribution >= 4 is 18.1 Å². The first-order chi connectivity index (χ1) is 22.6. The highest BCUT2D eigenvalue weighted by atomic mass is 19.1. The highest BCUT2D eigenvalue weighted by Gasteiger charge is 2.37. The average molecular weight is 644 g/mol. The van der Waals surface area contributed by atoms with Crippen molar-refractivity contribution in [3.05, 3.63) is 72.3 Å². The number of carbonyl (C=O) groups excluding carboxylic acids is 2. The number of imidazole rings is 2. The van der Waals surface area contributed by atoms with E-state index in [-0.39, 0.29) is 23.9 Å². The molecule has 0 saturated carbocycles. The summed E-state index contributed by atoms with van der Waals surface area (Å²) in [5.74, 6) is 0.492. The standard InChI is InChI=1S/C34H38FN7O5/c1-19(2)29(40-33(44)47-3)32(43)41-14-4-6-27(41)30-36-17-25(38-30)21-10-8-20(9-11-21)22-12-13-23(24(35)16-22)26-18-37-31(39-26)28-7-5-15-42(28)34(45)46/h8-13,16-19,27-29H,4-7,14-15H2,1-3H3,(H,36,38)(H,37,39)(H,40,44)(H,45,46)/t27-,28-,29-/m0/s1. The maximum absolute atomic E-state index is 15.4. The van der Waals surface area contributed by atoms with Crippen LogP contribution in [0.2, 0.25) is 0 Å². The number of carbonyl (C=O) groups is 3. The van der Waals surface area contributed by atoms with E-state index in [1.165, 1.54) is 18.1 Å². The number of nitrogens with one attached hydrogen (secondary N) is 3. The van der Waals surface area contributed by atoms with Gasteiger partial charge in [-0.25, -0.2) is 23.9 Å². The molecule has 2 aromatic carbocycles. The molecule has 2 aliphatic rings. The van der Waals surface area contributed by atoms with Crippen LogP contribution in [0, 0.1) is 11.7 Å². The predicted molar refractivity (Wildman–Crippen MR) is 172 cm³/mol. The van der Waals surface area contributed by atoms with E-state index in [0.29, 0.717) is 48.0 Å². The Bertz CT molecular complexity index is 1770. The number of likely N-dealkylation sites (tertiary alicyclic amines) is 2. The lowest BCUT2D eigenvalue weighted by molar-refractivity contribution is -0.135. The van der Waals surface area contributed by atoms with E-state index in [1.54, 1.807) is 23.4 Å². The second-order valence-electron chi connectivity index (χ2n) is 12.3. The highest BCUT2D eigenvalue weighted by molar-refractivity contribution is 5.86. The first kappa shape index (κ1) is 31.8. The molecule has 246 valence electrons. The number of aromatic amines is 2. The molecular weight excluding hydrogens is 605 g/mol. The van der Waals surface area contributed by atoms with Crippen LogP contribution in [0.1, 0.15) is 63.3 Å². The maximum atomic E-state index is 15.4. The van der Waals surface area contributed by atoms with Gasteiger partial charge in [0.1, 0.15) is 23.5 Å². The van der Waals surface area contributed by atoms with Crippen LogP contribution in [-0.2, 0) is 9.53 Å². The van der Waals surface area contributed by atoms with Crippen molar-refractivity contribution in [2.45, 2.75) is 57.7 Å². The number of H-pyrrole nitrogens is 2. The minimum atomic E-state index is -0.987. The number of hydrogen-bond donors (Lipinski definition) is 4. The van der Waals surface area contributed by atoms with Gasteiger partial charge in [0, 0.05) is 18.7 Å². The smallest absolute Gasteiger partial charge is 0.407 e. The van der Waals surface area contributed by atoms with Crippen LogP contribution in [0.15, 0.2) is 54.9 Å². The molecule has 0 aliphatic carbocycles. The summed E-state index contributed by atoms with van der Waals surface area (Å²) in [6.45, 7) is 4.78. The molecule has 4 heterocycles. The third-order valence-corrected chi connectivity index (χ3v) is 9.04. The lowest BCUT2D eigenvalue weighted by Gasteiger charge is -2.30. The minimum absolute atomic E-state index is 0.120. The summed E-state index contributed by atoms with van der Waals surface area (Å²) in [6.07, 6.45) is 4.66. The van der Waals surface area contributed by atoms with Crippen LogP contribution in [0.4, 0.5) is 14.0 Å². The van der Waals surface area contributed by atoms with Gasteiger partial charge in [0.25, 0.3) is 0 Å². The molecule has 4 N–H and O–H groups in total. The molecule has 0 spiro atoms. The fourth-order valence-corrected chi connectivity index (χ4v) is 6.52. The number of methoxy groups -OCH3 is 1. The Hall–Kier alpha value is -5.20. The molecule has 0 unspecified atom stereocenters. The average Bonchev–Trinajstić information content (AvgIpc) is 3.89. The van der Waals surface area contributed by atoms with Crippen molar-refractivity contribution in [3.8, 4) is 33.6 Å². The van der Waals surface area contributed by atoms with Crippen LogP contribution in [-0.4, -0.2) is 79.2 Å². The molecule has 47 heavy (non-hydrogen) atoms. The van der Waals surface area contributed by atoms with Crippen molar-refractivity contribution in [1.82, 2.24) is 35.1 Å². The van der Waals surface area contributed by atoms with Gasteiger partial charge in [-0.2, -0.15) is 0 Å². The zero-order chi connectivity index (χ0) is 33.2. The Kier molecular flexibility index (Phi) is 8.97. The summed E-state index contributed by atoms with van der Waals surface area (Å²) in [4.78, 5) is 55.5. The number of ether oxygens (including phenoxy) is 1. The fourth-order valence-electron chi connectivity index (χ4n) is 6.52. The van der Waals surface area contributed by atoms with Crippen molar-refractivity contribution in [1.29, 1.82) is 0 Å². The maximum Gasteiger partial charge on any atom is 0.407 e. The third-order valence-electron chi connectivity index (χ3n) is 9.04. The monoisotopic (exact) mass is 643 g/mol. The lowest BCUT2D eigenvalue weighted by Crippen LogP contribution is -2.51. The zero-order valence-electron chi connectivity index (χ0n) is 26.5. The highest BCUT2D eigenvalue weighted by Crippen LogP contribution is 2.35. The second kappa shape index (κ2) is 13.3. The van der Waals surface area contributed by atoms with E-state index in [1.807, 2.05) is 44.2 Å². The molecule has 2 aromatic heterocycles. The summed E-state index contributed by atoms with van der Waals surface area (Å²) in [7, 11) is 1.27. The van der Waals surface area contributed by atoms with E-state index in [0.717, 1.165) is 36.1 Å². The number of benzene rings is 2. The molecule has 2 saturated heterocycles. The number of carboxylic acid groups (broad SMARTS) is 1. The van der Waals surface area contributed by atoms with Gasteiger partial charge >= 0.3 is 12.2 Å². The van der Waals surface area contributed by atoms with Crippen molar-refractivity contribution < 1.29 is 28.6 Å². The van der Waals surface area contributed by atoms with E-state index in [9.17, 15) is 19.5 Å². The van der Waals surface area contributed by atoms with Gasteiger partial charge in [0.15, 0.2) is 0 Å². The molecule has 12 nitrogen and oxygen atoms in total. The summed E-state index contributed by atoms with van der Waals surface area (Å²) in [5, 5.41) is 12.1. The van der Waals surface area contributed by atoms with Crippen LogP contribution < -0.4 is 5.32 Å². The number of halogens is 1. The quantitative estimate of drug-likeness (QED) is 0.180. The van der Waals surface area contributed by atoms with E-state index < -0.39 is 24.0 Å². The van der Waals surface area contributed by atoms with Gasteiger partial charge in [0.2, 0.25) is 5.91 Å². The number of nitrogens with zero attached hydrogens (tertiary/aromatic N) is 4. The summed E-state index contributed by atoms with van der Waals surface area (Å²) < 4.78 is 20.1. The number of hydrogen-bond acceptors (Lipinski definition) is 6. The topological polar surface area (TPSA) is 157 Å². The molecule has 0 radical (unpaired) electrons. The Morgan fingerprint density at radius 2 is 1.47 bits per heavy atom. The van der Waals surface area contributed by atoms with Gasteiger partial charge in [0.05, 0.1) is 43.0 Å². The Balaban J connectivity index is 1.15. The van der Waals surface area contributed by atoms with Gasteiger partial charge < -0.3 is 30.0 Å². The van der Waals surface area contributed by atoms with E-state index in [2.05, 4.69) is 25.3 Å². The summed E-state index contributed by atoms with van der Waals surface area (Å²) in [5.41, 5.74) is 4.07. The fraction of sp³-hybridized carbons (Fsp3) is 0.382. The number of rotatable bonds is 8. The predicted octanol–water partition coefficient (Wildman–Crippen LogP) is 6.13. The van der Waals surface area contributed by atoms with Crippen LogP contribution in [0.3, 0.4) is 0 Å². The first-order valence-electron chi connectivity index (χ1n) is 15.8. The van der Waals surface area contributed by atoms with Crippen LogP contribution in [0.5, 0.6) is 0 Å². The van der Waals surface area contributed by atoms with Crippen molar-refractivity contribution in [2.75, 3.05) is 20.2 Å². The number of amides is 3.